The van der Waals surface area contributed by atoms with Crippen molar-refractivity contribution in [3.63, 3.8) is 0 Å². The number of aliphatic hydroxyl groups is 2. The van der Waals surface area contributed by atoms with E-state index in [4.69, 9.17) is 9.84 Å². The molecule has 1 aliphatic heterocycles. The molecule has 4 atom stereocenters. The average Bonchev–Trinajstić information content (AvgIpc) is 2.68. The van der Waals surface area contributed by atoms with Crippen molar-refractivity contribution < 1.29 is 47.7 Å². The third-order valence-corrected chi connectivity index (χ3v) is 3.19. The van der Waals surface area contributed by atoms with Crippen LogP contribution in [0.5, 0.6) is 0 Å². The fourth-order valence-electron chi connectivity index (χ4n) is 2.16. The van der Waals surface area contributed by atoms with E-state index >= 15 is 0 Å². The Kier molecular flexibility index (Phi) is 11.4. The molecule has 2 N–H and O–H groups in total. The fourth-order valence-corrected chi connectivity index (χ4v) is 2.16. The minimum atomic E-state index is -0.712. The first kappa shape index (κ1) is 19.5. The van der Waals surface area contributed by atoms with Crippen LogP contribution in [0.2, 0.25) is 0 Å². The summed E-state index contributed by atoms with van der Waals surface area (Å²) in [6, 6.07) is 0. The average molecular weight is 342 g/mol. The maximum atomic E-state index is 9.87. The zero-order valence-electron chi connectivity index (χ0n) is 11.7. The predicted octanol–water partition coefficient (Wildman–Crippen LogP) is 2.25. The van der Waals surface area contributed by atoms with E-state index < -0.39 is 12.2 Å². The van der Waals surface area contributed by atoms with Crippen LogP contribution in [-0.2, 0) is 37.4 Å². The third kappa shape index (κ3) is 7.72. The minimum absolute atomic E-state index is 0. The molecular weight excluding hydrogens is 317 g/mol. The molecule has 1 aliphatic rings. The zero-order chi connectivity index (χ0) is 13.4. The molecule has 4 heteroatoms. The fraction of sp³-hybridized carbons (Fsp3) is 0.667. The van der Waals surface area contributed by atoms with Gasteiger partial charge in [0.15, 0.2) is 0 Å². The Morgan fingerprint density at radius 1 is 1.37 bits per heavy atom. The zero-order valence-corrected chi connectivity index (χ0v) is 14.6. The van der Waals surface area contributed by atoms with Gasteiger partial charge in [0.2, 0.25) is 0 Å². The standard InChI is InChI=1S/C15H25O3.Y/c1-3-4-5-6-7-8-13-14(17)11-18-15(13)10-9-12(2)16;/h5-6,9-10,12-17H,2-4,7-8,11H2,1H3;/q-1;+3/b6-5+,10-9+;. The van der Waals surface area contributed by atoms with Crippen molar-refractivity contribution in [1.82, 2.24) is 0 Å². The van der Waals surface area contributed by atoms with Crippen LogP contribution in [0.25, 0.3) is 0 Å². The van der Waals surface area contributed by atoms with Crippen LogP contribution in [0.4, 0.5) is 0 Å². The molecule has 0 radical (unpaired) electrons. The monoisotopic (exact) mass is 342 g/mol. The molecule has 0 bridgehead atoms. The van der Waals surface area contributed by atoms with E-state index in [1.54, 1.807) is 6.08 Å². The van der Waals surface area contributed by atoms with Gasteiger partial charge in [-0.05, 0) is 19.3 Å². The molecule has 0 aromatic carbocycles. The van der Waals surface area contributed by atoms with Gasteiger partial charge in [0, 0.05) is 5.92 Å². The maximum Gasteiger partial charge on any atom is 3.00 e. The quantitative estimate of drug-likeness (QED) is 0.551. The van der Waals surface area contributed by atoms with Gasteiger partial charge in [0.1, 0.15) is 0 Å². The van der Waals surface area contributed by atoms with Crippen molar-refractivity contribution in [2.45, 2.75) is 50.9 Å². The number of aliphatic hydroxyl groups excluding tert-OH is 2. The Hall–Kier alpha value is 0.464. The van der Waals surface area contributed by atoms with Crippen LogP contribution in [0.3, 0.4) is 0 Å². The van der Waals surface area contributed by atoms with E-state index in [9.17, 15) is 5.11 Å². The summed E-state index contributed by atoms with van der Waals surface area (Å²) in [6.45, 7) is 6.02. The predicted molar refractivity (Wildman–Crippen MR) is 73.0 cm³/mol. The molecule has 0 aromatic rings. The first-order valence-corrected chi connectivity index (χ1v) is 6.79. The SMILES string of the molecule is [CH2-]C(O)/C=C/C1OCC(O)C1CC/C=C/CCC.[Y+3]. The molecule has 1 heterocycles. The van der Waals surface area contributed by atoms with Crippen molar-refractivity contribution in [2.24, 2.45) is 5.92 Å². The molecular formula is C15H25O3Y+2. The summed E-state index contributed by atoms with van der Waals surface area (Å²) >= 11 is 0. The molecule has 104 valence electrons. The summed E-state index contributed by atoms with van der Waals surface area (Å²) in [5, 5.41) is 19.0. The van der Waals surface area contributed by atoms with Crippen LogP contribution in [0.15, 0.2) is 24.3 Å². The summed E-state index contributed by atoms with van der Waals surface area (Å²) in [7, 11) is 0. The molecule has 4 unspecified atom stereocenters. The van der Waals surface area contributed by atoms with Crippen molar-refractivity contribution in [3.8, 4) is 0 Å². The van der Waals surface area contributed by atoms with Crippen molar-refractivity contribution in [3.05, 3.63) is 31.2 Å². The van der Waals surface area contributed by atoms with Gasteiger partial charge in [0.25, 0.3) is 0 Å². The Balaban J connectivity index is 0.00000324. The molecule has 0 spiro atoms. The van der Waals surface area contributed by atoms with Crippen LogP contribution >= 0.6 is 0 Å². The number of hydrogen-bond donors (Lipinski definition) is 2. The largest absolute Gasteiger partial charge is 3.00 e. The van der Waals surface area contributed by atoms with Crippen LogP contribution in [0, 0.1) is 12.8 Å². The molecule has 0 aromatic heterocycles. The van der Waals surface area contributed by atoms with Crippen molar-refractivity contribution in [2.75, 3.05) is 6.61 Å². The Morgan fingerprint density at radius 3 is 2.68 bits per heavy atom. The normalized spacial score (nSPS) is 28.9. The van der Waals surface area contributed by atoms with Gasteiger partial charge in [-0.3, -0.25) is 0 Å². The molecule has 0 saturated carbocycles. The third-order valence-electron chi connectivity index (χ3n) is 3.19. The summed E-state index contributed by atoms with van der Waals surface area (Å²) in [6.07, 6.45) is 10.7. The number of allylic oxidation sites excluding steroid dienone is 2. The first-order chi connectivity index (χ1) is 8.65. The van der Waals surface area contributed by atoms with Gasteiger partial charge in [0.05, 0.1) is 18.8 Å². The van der Waals surface area contributed by atoms with Gasteiger partial charge in [-0.1, -0.05) is 43.8 Å². The molecule has 3 nitrogen and oxygen atoms in total. The van der Waals surface area contributed by atoms with Gasteiger partial charge < -0.3 is 21.9 Å². The van der Waals surface area contributed by atoms with Gasteiger partial charge >= 0.3 is 32.7 Å². The van der Waals surface area contributed by atoms with Crippen molar-refractivity contribution in [1.29, 1.82) is 0 Å². The van der Waals surface area contributed by atoms with E-state index in [0.717, 1.165) is 19.3 Å². The van der Waals surface area contributed by atoms with Gasteiger partial charge in [-0.15, -0.1) is 0 Å². The van der Waals surface area contributed by atoms with Crippen LogP contribution in [-0.4, -0.2) is 35.1 Å². The van der Waals surface area contributed by atoms with E-state index in [1.165, 1.54) is 6.42 Å². The van der Waals surface area contributed by atoms with E-state index in [0.29, 0.717) is 6.61 Å². The van der Waals surface area contributed by atoms with E-state index in [-0.39, 0.29) is 44.7 Å². The van der Waals surface area contributed by atoms with Gasteiger partial charge in [-0.2, -0.15) is 0 Å². The number of ether oxygens (including phenoxy) is 1. The summed E-state index contributed by atoms with van der Waals surface area (Å²) in [5.74, 6) is 0.117. The molecule has 1 fully saturated rings. The Bertz CT molecular complexity index is 277. The topological polar surface area (TPSA) is 49.7 Å². The van der Waals surface area contributed by atoms with E-state index in [2.05, 4.69) is 26.0 Å². The van der Waals surface area contributed by atoms with Crippen molar-refractivity contribution >= 4 is 0 Å². The van der Waals surface area contributed by atoms with Gasteiger partial charge in [-0.25, -0.2) is 0 Å². The summed E-state index contributed by atoms with van der Waals surface area (Å²) < 4.78 is 5.51. The molecule has 19 heavy (non-hydrogen) atoms. The second kappa shape index (κ2) is 11.2. The molecule has 1 saturated heterocycles. The number of rotatable bonds is 7. The number of unbranched alkanes of at least 4 members (excludes halogenated alkanes) is 1. The first-order valence-electron chi connectivity index (χ1n) is 6.79. The summed E-state index contributed by atoms with van der Waals surface area (Å²) in [5.41, 5.74) is 0. The van der Waals surface area contributed by atoms with Crippen LogP contribution < -0.4 is 0 Å². The second-order valence-corrected chi connectivity index (χ2v) is 4.82. The smallest absolute Gasteiger partial charge is 0.421 e. The molecule has 1 rings (SSSR count). The second-order valence-electron chi connectivity index (χ2n) is 4.82. The Labute approximate surface area is 142 Å². The van der Waals surface area contributed by atoms with E-state index in [1.807, 2.05) is 6.08 Å². The molecule has 0 aliphatic carbocycles. The minimum Gasteiger partial charge on any atom is -0.421 e. The summed E-state index contributed by atoms with van der Waals surface area (Å²) in [4.78, 5) is 0. The maximum absolute atomic E-state index is 9.87. The van der Waals surface area contributed by atoms with Crippen LogP contribution in [0.1, 0.15) is 32.6 Å². The number of hydrogen-bond acceptors (Lipinski definition) is 3. The molecule has 0 amide bonds. The Morgan fingerprint density at radius 2 is 2.05 bits per heavy atom.